The van der Waals surface area contributed by atoms with Gasteiger partial charge in [0.2, 0.25) is 0 Å². The van der Waals surface area contributed by atoms with E-state index in [-0.39, 0.29) is 11.3 Å². The lowest BCUT2D eigenvalue weighted by atomic mass is 9.97. The maximum Gasteiger partial charge on any atom is 0.349 e. The zero-order chi connectivity index (χ0) is 19.3. The number of benzene rings is 3. The molecule has 0 fully saturated rings. The molecule has 0 aliphatic rings. The molecule has 3 aromatic carbocycles. The molecule has 2 aromatic heterocycles. The normalized spacial score (nSPS) is 11.3. The Bertz CT molecular complexity index is 1390. The molecule has 5 rings (SSSR count). The number of aryl methyl sites for hydroxylation is 1. The zero-order valence-corrected chi connectivity index (χ0v) is 15.2. The van der Waals surface area contributed by atoms with Gasteiger partial charge >= 0.3 is 5.63 Å². The lowest BCUT2D eigenvalue weighted by Crippen LogP contribution is -2.04. The third kappa shape index (κ3) is 2.42. The second kappa shape index (κ2) is 6.13. The number of aromatic nitrogens is 1. The average Bonchev–Trinajstić information content (AvgIpc) is 3.06. The van der Waals surface area contributed by atoms with E-state index in [2.05, 4.69) is 11.1 Å². The molecule has 2 heterocycles. The van der Waals surface area contributed by atoms with Crippen molar-refractivity contribution >= 4 is 21.9 Å². The van der Waals surface area contributed by atoms with Crippen molar-refractivity contribution in [3.05, 3.63) is 88.8 Å². The summed E-state index contributed by atoms with van der Waals surface area (Å²) < 4.78 is 5.50. The highest BCUT2D eigenvalue weighted by Gasteiger charge is 2.23. The molecule has 4 heteroatoms. The number of hydrogen-bond acceptors (Lipinski definition) is 3. The van der Waals surface area contributed by atoms with Crippen molar-refractivity contribution in [3.8, 4) is 28.1 Å². The Kier molecular flexibility index (Phi) is 3.59. The molecule has 0 atom stereocenters. The lowest BCUT2D eigenvalue weighted by Gasteiger charge is -2.08. The van der Waals surface area contributed by atoms with Gasteiger partial charge in [0.15, 0.2) is 0 Å². The fraction of sp³-hybridized carbons (Fsp3) is 0.0417. The van der Waals surface area contributed by atoms with Gasteiger partial charge in [0.25, 0.3) is 0 Å². The van der Waals surface area contributed by atoms with Gasteiger partial charge in [-0.15, -0.1) is 0 Å². The topological polar surface area (TPSA) is 66.2 Å². The van der Waals surface area contributed by atoms with Crippen molar-refractivity contribution in [1.82, 2.24) is 4.98 Å². The van der Waals surface area contributed by atoms with Crippen LogP contribution in [0.5, 0.6) is 5.75 Å². The van der Waals surface area contributed by atoms with Gasteiger partial charge in [-0.2, -0.15) is 0 Å². The summed E-state index contributed by atoms with van der Waals surface area (Å²) >= 11 is 0. The second-order valence-electron chi connectivity index (χ2n) is 6.90. The van der Waals surface area contributed by atoms with Crippen LogP contribution in [-0.2, 0) is 0 Å². The average molecular weight is 367 g/mol. The van der Waals surface area contributed by atoms with Crippen molar-refractivity contribution < 1.29 is 9.52 Å². The molecule has 0 saturated carbocycles. The van der Waals surface area contributed by atoms with Gasteiger partial charge in [0.1, 0.15) is 16.9 Å². The van der Waals surface area contributed by atoms with Crippen LogP contribution < -0.4 is 5.63 Å². The number of aromatic hydroxyl groups is 1. The van der Waals surface area contributed by atoms with Gasteiger partial charge in [0, 0.05) is 16.5 Å². The molecule has 0 spiro atoms. The summed E-state index contributed by atoms with van der Waals surface area (Å²) in [5.41, 5.74) is 4.34. The molecule has 0 bridgehead atoms. The standard InChI is InChI=1S/C24H17NO3/c1-14-11-12-18-17(13-14)20(15-7-3-2-4-8-15)22(25-18)21-23(26)16-9-5-6-10-19(16)28-24(21)27/h2-13,25-26H,1H3. The number of rotatable bonds is 2. The van der Waals surface area contributed by atoms with E-state index in [0.717, 1.165) is 27.6 Å². The zero-order valence-electron chi connectivity index (χ0n) is 15.2. The molecule has 0 amide bonds. The number of hydrogen-bond donors (Lipinski definition) is 2. The first-order valence-corrected chi connectivity index (χ1v) is 9.06. The first-order valence-electron chi connectivity index (χ1n) is 9.06. The fourth-order valence-electron chi connectivity index (χ4n) is 3.75. The molecule has 28 heavy (non-hydrogen) atoms. The van der Waals surface area contributed by atoms with Crippen molar-refractivity contribution in [1.29, 1.82) is 0 Å². The molecular weight excluding hydrogens is 350 g/mol. The summed E-state index contributed by atoms with van der Waals surface area (Å²) in [7, 11) is 0. The highest BCUT2D eigenvalue weighted by molar-refractivity contribution is 6.05. The maximum absolute atomic E-state index is 12.8. The molecule has 0 radical (unpaired) electrons. The van der Waals surface area contributed by atoms with Crippen LogP contribution in [0.1, 0.15) is 5.56 Å². The summed E-state index contributed by atoms with van der Waals surface area (Å²) in [4.78, 5) is 16.2. The number of aromatic amines is 1. The van der Waals surface area contributed by atoms with Crippen LogP contribution in [0.25, 0.3) is 44.3 Å². The first-order chi connectivity index (χ1) is 13.6. The molecule has 0 aliphatic carbocycles. The van der Waals surface area contributed by atoms with E-state index in [1.54, 1.807) is 24.3 Å². The quantitative estimate of drug-likeness (QED) is 0.398. The van der Waals surface area contributed by atoms with Crippen LogP contribution in [0.3, 0.4) is 0 Å². The van der Waals surface area contributed by atoms with Crippen molar-refractivity contribution in [2.75, 3.05) is 0 Å². The fourth-order valence-corrected chi connectivity index (χ4v) is 3.75. The highest BCUT2D eigenvalue weighted by atomic mass is 16.4. The Labute approximate surface area is 160 Å². The predicted octanol–water partition coefficient (Wildman–Crippen LogP) is 5.62. The molecular formula is C24H17NO3. The molecule has 0 saturated heterocycles. The van der Waals surface area contributed by atoms with E-state index in [9.17, 15) is 9.90 Å². The van der Waals surface area contributed by atoms with E-state index in [1.807, 2.05) is 49.4 Å². The minimum Gasteiger partial charge on any atom is -0.506 e. The Morgan fingerprint density at radius 3 is 2.43 bits per heavy atom. The number of para-hydroxylation sites is 1. The minimum atomic E-state index is -0.573. The molecule has 2 N–H and O–H groups in total. The van der Waals surface area contributed by atoms with Crippen molar-refractivity contribution in [2.45, 2.75) is 6.92 Å². The van der Waals surface area contributed by atoms with Gasteiger partial charge in [-0.3, -0.25) is 0 Å². The third-order valence-electron chi connectivity index (χ3n) is 5.05. The molecule has 136 valence electrons. The summed E-state index contributed by atoms with van der Waals surface area (Å²) in [6.07, 6.45) is 0. The molecule has 5 aromatic rings. The predicted molar refractivity (Wildman–Crippen MR) is 112 cm³/mol. The first kappa shape index (κ1) is 16.4. The monoisotopic (exact) mass is 367 g/mol. The van der Waals surface area contributed by atoms with E-state index in [1.165, 1.54) is 0 Å². The Morgan fingerprint density at radius 1 is 0.857 bits per heavy atom. The van der Waals surface area contributed by atoms with E-state index in [0.29, 0.717) is 16.7 Å². The van der Waals surface area contributed by atoms with Gasteiger partial charge in [-0.1, -0.05) is 54.1 Å². The van der Waals surface area contributed by atoms with Crippen LogP contribution in [-0.4, -0.2) is 10.1 Å². The lowest BCUT2D eigenvalue weighted by molar-refractivity contribution is 0.471. The number of fused-ring (bicyclic) bond motifs is 2. The number of nitrogens with one attached hydrogen (secondary N) is 1. The Morgan fingerprint density at radius 2 is 1.61 bits per heavy atom. The van der Waals surface area contributed by atoms with Crippen LogP contribution in [0, 0.1) is 6.92 Å². The van der Waals surface area contributed by atoms with E-state index < -0.39 is 5.63 Å². The largest absolute Gasteiger partial charge is 0.506 e. The van der Waals surface area contributed by atoms with Gasteiger partial charge in [-0.25, -0.2) is 4.79 Å². The van der Waals surface area contributed by atoms with Crippen LogP contribution in [0.15, 0.2) is 82.0 Å². The third-order valence-corrected chi connectivity index (χ3v) is 5.05. The molecule has 4 nitrogen and oxygen atoms in total. The molecule has 0 aliphatic heterocycles. The van der Waals surface area contributed by atoms with E-state index >= 15 is 0 Å². The summed E-state index contributed by atoms with van der Waals surface area (Å²) in [6, 6.07) is 22.9. The van der Waals surface area contributed by atoms with Gasteiger partial charge in [-0.05, 0) is 36.8 Å². The van der Waals surface area contributed by atoms with Crippen LogP contribution >= 0.6 is 0 Å². The van der Waals surface area contributed by atoms with Gasteiger partial charge in [0.05, 0.1) is 11.1 Å². The highest BCUT2D eigenvalue weighted by Crippen LogP contribution is 2.42. The Balaban J connectivity index is 1.93. The molecule has 0 unspecified atom stereocenters. The number of H-pyrrole nitrogens is 1. The summed E-state index contributed by atoms with van der Waals surface area (Å²) in [5.74, 6) is -0.0766. The summed E-state index contributed by atoms with van der Waals surface area (Å²) in [5, 5.41) is 12.5. The Hall–Kier alpha value is -3.79. The van der Waals surface area contributed by atoms with Crippen LogP contribution in [0.2, 0.25) is 0 Å². The summed E-state index contributed by atoms with van der Waals surface area (Å²) in [6.45, 7) is 2.03. The van der Waals surface area contributed by atoms with Crippen molar-refractivity contribution in [2.24, 2.45) is 0 Å². The second-order valence-corrected chi connectivity index (χ2v) is 6.90. The van der Waals surface area contributed by atoms with Crippen LogP contribution in [0.4, 0.5) is 0 Å². The van der Waals surface area contributed by atoms with Gasteiger partial charge < -0.3 is 14.5 Å². The SMILES string of the molecule is Cc1ccc2[nH]c(-c3c(O)c4ccccc4oc3=O)c(-c3ccccc3)c2c1. The van der Waals surface area contributed by atoms with Crippen molar-refractivity contribution in [3.63, 3.8) is 0 Å². The smallest absolute Gasteiger partial charge is 0.349 e. The van der Waals surface area contributed by atoms with E-state index in [4.69, 9.17) is 4.42 Å². The maximum atomic E-state index is 12.8. The minimum absolute atomic E-state index is 0.0766.